The molecule has 3 aromatic rings. The van der Waals surface area contributed by atoms with Gasteiger partial charge < -0.3 is 4.57 Å². The van der Waals surface area contributed by atoms with Crippen LogP contribution in [0.3, 0.4) is 0 Å². The van der Waals surface area contributed by atoms with Crippen LogP contribution in [-0.4, -0.2) is 41.3 Å². The molecule has 0 fully saturated rings. The summed E-state index contributed by atoms with van der Waals surface area (Å²) < 4.78 is 1.68. The monoisotopic (exact) mass is 371 g/mol. The smallest absolute Gasteiger partial charge is 0.270 e. The standard InChI is InChI=1S/C15H13N7O3S/c1-21-13(10-4-2-5-11(8-10)22(24)25)19-20-15(21)26-9-12(23)18-14-16-6-3-7-17-14/h2-8H,9H2,1H3,(H,16,17,18,23). The van der Waals surface area contributed by atoms with E-state index in [1.54, 1.807) is 29.8 Å². The molecule has 11 heteroatoms. The van der Waals surface area contributed by atoms with Gasteiger partial charge in [-0.1, -0.05) is 23.9 Å². The maximum atomic E-state index is 11.9. The molecule has 3 rings (SSSR count). The number of thioether (sulfide) groups is 1. The molecule has 132 valence electrons. The molecule has 0 saturated carbocycles. The molecule has 0 saturated heterocycles. The SMILES string of the molecule is Cn1c(SCC(=O)Nc2ncccn2)nnc1-c1cccc([N+](=O)[O-])c1. The normalized spacial score (nSPS) is 10.5. The summed E-state index contributed by atoms with van der Waals surface area (Å²) in [7, 11) is 1.73. The fraction of sp³-hybridized carbons (Fsp3) is 0.133. The second-order valence-corrected chi connectivity index (χ2v) is 6.02. The van der Waals surface area contributed by atoms with Gasteiger partial charge in [0.1, 0.15) is 0 Å². The third kappa shape index (κ3) is 4.00. The Balaban J connectivity index is 1.68. The molecule has 0 aliphatic heterocycles. The van der Waals surface area contributed by atoms with Crippen molar-refractivity contribution in [3.63, 3.8) is 0 Å². The van der Waals surface area contributed by atoms with Gasteiger partial charge in [-0.25, -0.2) is 9.97 Å². The van der Waals surface area contributed by atoms with Gasteiger partial charge in [-0.05, 0) is 6.07 Å². The average Bonchev–Trinajstić information content (AvgIpc) is 3.01. The summed E-state index contributed by atoms with van der Waals surface area (Å²) in [5.74, 6) is 0.525. The Kier molecular flexibility index (Phi) is 5.17. The van der Waals surface area contributed by atoms with Gasteiger partial charge in [0.15, 0.2) is 11.0 Å². The lowest BCUT2D eigenvalue weighted by Gasteiger charge is -2.04. The first kappa shape index (κ1) is 17.5. The number of non-ortho nitro benzene ring substituents is 1. The summed E-state index contributed by atoms with van der Waals surface area (Å²) in [5, 5.41) is 22.1. The molecule has 1 aromatic carbocycles. The number of nitrogens with one attached hydrogen (secondary N) is 1. The highest BCUT2D eigenvalue weighted by Crippen LogP contribution is 2.25. The lowest BCUT2D eigenvalue weighted by atomic mass is 10.2. The Hall–Kier alpha value is -3.34. The van der Waals surface area contributed by atoms with Gasteiger partial charge in [0.25, 0.3) is 5.69 Å². The van der Waals surface area contributed by atoms with E-state index in [0.717, 1.165) is 0 Å². The lowest BCUT2D eigenvalue weighted by Crippen LogP contribution is -2.16. The number of rotatable bonds is 6. The average molecular weight is 371 g/mol. The molecule has 26 heavy (non-hydrogen) atoms. The summed E-state index contributed by atoms with van der Waals surface area (Å²) in [6, 6.07) is 7.79. The number of carbonyl (C=O) groups is 1. The van der Waals surface area contributed by atoms with Gasteiger partial charge >= 0.3 is 0 Å². The Bertz CT molecular complexity index is 945. The predicted octanol–water partition coefficient (Wildman–Crippen LogP) is 1.91. The number of anilines is 1. The molecule has 0 atom stereocenters. The number of hydrogen-bond acceptors (Lipinski definition) is 8. The van der Waals surface area contributed by atoms with Crippen molar-refractivity contribution in [3.05, 3.63) is 52.8 Å². The minimum atomic E-state index is -0.467. The molecule has 0 radical (unpaired) electrons. The van der Waals surface area contributed by atoms with Crippen LogP contribution in [0.15, 0.2) is 47.9 Å². The van der Waals surface area contributed by atoms with E-state index in [1.807, 2.05) is 0 Å². The number of nitrogens with zero attached hydrogens (tertiary/aromatic N) is 6. The van der Waals surface area contributed by atoms with E-state index in [0.29, 0.717) is 16.5 Å². The second-order valence-electron chi connectivity index (χ2n) is 5.08. The Morgan fingerprint density at radius 3 is 2.77 bits per heavy atom. The van der Waals surface area contributed by atoms with Crippen molar-refractivity contribution in [1.82, 2.24) is 24.7 Å². The Morgan fingerprint density at radius 2 is 2.04 bits per heavy atom. The molecule has 0 spiro atoms. The molecule has 1 N–H and O–H groups in total. The molecule has 0 aliphatic carbocycles. The zero-order chi connectivity index (χ0) is 18.5. The van der Waals surface area contributed by atoms with Crippen LogP contribution in [-0.2, 0) is 11.8 Å². The van der Waals surface area contributed by atoms with Crippen LogP contribution in [0, 0.1) is 10.1 Å². The summed E-state index contributed by atoms with van der Waals surface area (Å²) >= 11 is 1.19. The number of carbonyl (C=O) groups excluding carboxylic acids is 1. The van der Waals surface area contributed by atoms with E-state index in [2.05, 4.69) is 25.5 Å². The number of amides is 1. The van der Waals surface area contributed by atoms with Crippen LogP contribution in [0.4, 0.5) is 11.6 Å². The van der Waals surface area contributed by atoms with Crippen LogP contribution < -0.4 is 5.32 Å². The maximum absolute atomic E-state index is 11.9. The first-order valence-corrected chi connectivity index (χ1v) is 8.37. The van der Waals surface area contributed by atoms with Crippen LogP contribution >= 0.6 is 11.8 Å². The number of hydrogen-bond donors (Lipinski definition) is 1. The molecule has 0 aliphatic rings. The third-order valence-corrected chi connectivity index (χ3v) is 4.32. The largest absolute Gasteiger partial charge is 0.305 e. The Morgan fingerprint density at radius 1 is 1.27 bits per heavy atom. The highest BCUT2D eigenvalue weighted by atomic mass is 32.2. The van der Waals surface area contributed by atoms with Crippen LogP contribution in [0.1, 0.15) is 0 Å². The number of nitro groups is 1. The van der Waals surface area contributed by atoms with Crippen molar-refractivity contribution in [1.29, 1.82) is 0 Å². The van der Waals surface area contributed by atoms with Crippen LogP contribution in [0.2, 0.25) is 0 Å². The van der Waals surface area contributed by atoms with Crippen molar-refractivity contribution in [3.8, 4) is 11.4 Å². The molecule has 1 amide bonds. The number of aromatic nitrogens is 5. The summed E-state index contributed by atoms with van der Waals surface area (Å²) in [5.41, 5.74) is 0.546. The molecular weight excluding hydrogens is 358 g/mol. The van der Waals surface area contributed by atoms with Crippen molar-refractivity contribution in [2.24, 2.45) is 7.05 Å². The van der Waals surface area contributed by atoms with E-state index >= 15 is 0 Å². The molecule has 2 heterocycles. The minimum Gasteiger partial charge on any atom is -0.305 e. The van der Waals surface area contributed by atoms with Gasteiger partial charge in [-0.2, -0.15) is 0 Å². The predicted molar refractivity (Wildman–Crippen MR) is 94.5 cm³/mol. The van der Waals surface area contributed by atoms with Gasteiger partial charge in [-0.15, -0.1) is 10.2 Å². The van der Waals surface area contributed by atoms with Crippen molar-refractivity contribution in [2.75, 3.05) is 11.1 Å². The Labute approximate surface area is 151 Å². The molecule has 10 nitrogen and oxygen atoms in total. The van der Waals surface area contributed by atoms with Crippen LogP contribution in [0.5, 0.6) is 0 Å². The first-order valence-electron chi connectivity index (χ1n) is 7.38. The fourth-order valence-electron chi connectivity index (χ4n) is 2.11. The van der Waals surface area contributed by atoms with Crippen molar-refractivity contribution in [2.45, 2.75) is 5.16 Å². The first-order chi connectivity index (χ1) is 12.5. The quantitative estimate of drug-likeness (QED) is 0.395. The summed E-state index contributed by atoms with van der Waals surface area (Å²) in [6.07, 6.45) is 3.06. The van der Waals surface area contributed by atoms with E-state index in [-0.39, 0.29) is 23.3 Å². The topological polar surface area (TPSA) is 129 Å². The zero-order valence-corrected chi connectivity index (χ0v) is 14.4. The maximum Gasteiger partial charge on any atom is 0.270 e. The van der Waals surface area contributed by atoms with Gasteiger partial charge in [0.2, 0.25) is 11.9 Å². The molecule has 0 bridgehead atoms. The molecule has 0 unspecified atom stereocenters. The highest BCUT2D eigenvalue weighted by molar-refractivity contribution is 7.99. The van der Waals surface area contributed by atoms with E-state index in [4.69, 9.17) is 0 Å². The summed E-state index contributed by atoms with van der Waals surface area (Å²) in [6.45, 7) is 0. The van der Waals surface area contributed by atoms with E-state index in [1.165, 1.54) is 36.3 Å². The molecule has 2 aromatic heterocycles. The van der Waals surface area contributed by atoms with E-state index in [9.17, 15) is 14.9 Å². The third-order valence-electron chi connectivity index (χ3n) is 3.30. The summed E-state index contributed by atoms with van der Waals surface area (Å²) in [4.78, 5) is 30.2. The highest BCUT2D eigenvalue weighted by Gasteiger charge is 2.15. The molecular formula is C15H13N7O3S. The van der Waals surface area contributed by atoms with Crippen LogP contribution in [0.25, 0.3) is 11.4 Å². The second kappa shape index (κ2) is 7.70. The lowest BCUT2D eigenvalue weighted by molar-refractivity contribution is -0.384. The van der Waals surface area contributed by atoms with Gasteiger partial charge in [0, 0.05) is 37.1 Å². The van der Waals surface area contributed by atoms with Crippen molar-refractivity contribution >= 4 is 29.3 Å². The van der Waals surface area contributed by atoms with Gasteiger partial charge in [-0.3, -0.25) is 20.2 Å². The minimum absolute atomic E-state index is 0.0260. The fourth-order valence-corrected chi connectivity index (χ4v) is 2.82. The number of nitro benzene ring substituents is 1. The van der Waals surface area contributed by atoms with Gasteiger partial charge in [0.05, 0.1) is 10.7 Å². The van der Waals surface area contributed by atoms with Crippen molar-refractivity contribution < 1.29 is 9.72 Å². The number of benzene rings is 1. The zero-order valence-electron chi connectivity index (χ0n) is 13.6. The van der Waals surface area contributed by atoms with E-state index < -0.39 is 4.92 Å².